The van der Waals surface area contributed by atoms with Gasteiger partial charge in [-0.25, -0.2) is 22.6 Å². The number of benzene rings is 1. The normalized spacial score (nSPS) is 14.8. The van der Waals surface area contributed by atoms with E-state index < -0.39 is 28.5 Å². The third kappa shape index (κ3) is 4.57. The zero-order valence-electron chi connectivity index (χ0n) is 15.4. The van der Waals surface area contributed by atoms with Gasteiger partial charge in [-0.1, -0.05) is 18.9 Å². The van der Waals surface area contributed by atoms with Crippen LogP contribution in [0.5, 0.6) is 0 Å². The maximum atomic E-state index is 12.2. The first-order chi connectivity index (χ1) is 13.4. The Balaban J connectivity index is 1.59. The van der Waals surface area contributed by atoms with Crippen molar-refractivity contribution in [3.63, 3.8) is 0 Å². The number of ether oxygens (including phenoxy) is 1. The number of nitrogens with zero attached hydrogens (tertiary/aromatic N) is 2. The monoisotopic (exact) mass is 406 g/mol. The van der Waals surface area contributed by atoms with Crippen LogP contribution in [-0.4, -0.2) is 43.7 Å². The minimum Gasteiger partial charge on any atom is -0.452 e. The molecule has 28 heavy (non-hydrogen) atoms. The van der Waals surface area contributed by atoms with Crippen molar-refractivity contribution in [3.05, 3.63) is 42.1 Å². The van der Waals surface area contributed by atoms with E-state index in [1.54, 1.807) is 16.9 Å². The van der Waals surface area contributed by atoms with Crippen molar-refractivity contribution in [2.75, 3.05) is 19.0 Å². The molecule has 9 nitrogen and oxygen atoms in total. The fourth-order valence-electron chi connectivity index (χ4n) is 3.15. The quantitative estimate of drug-likeness (QED) is 0.676. The van der Waals surface area contributed by atoms with Gasteiger partial charge in [0.05, 0.1) is 22.7 Å². The summed E-state index contributed by atoms with van der Waals surface area (Å²) in [7, 11) is -2.40. The average molecular weight is 406 g/mol. The van der Waals surface area contributed by atoms with E-state index in [2.05, 4.69) is 15.1 Å². The number of carbonyl (C=O) groups excluding carboxylic acids is 2. The van der Waals surface area contributed by atoms with Gasteiger partial charge in [-0.05, 0) is 38.1 Å². The van der Waals surface area contributed by atoms with Crippen molar-refractivity contribution in [1.29, 1.82) is 0 Å². The van der Waals surface area contributed by atoms with Crippen LogP contribution in [0.2, 0.25) is 0 Å². The van der Waals surface area contributed by atoms with Crippen LogP contribution < -0.4 is 10.0 Å². The summed E-state index contributed by atoms with van der Waals surface area (Å²) in [5.74, 6) is -0.713. The lowest BCUT2D eigenvalue weighted by atomic mass is 10.2. The number of sulfonamides is 1. The zero-order chi connectivity index (χ0) is 20.1. The molecular formula is C18H22N4O5S. The Morgan fingerprint density at radius 3 is 2.71 bits per heavy atom. The van der Waals surface area contributed by atoms with E-state index >= 15 is 0 Å². The summed E-state index contributed by atoms with van der Waals surface area (Å²) in [4.78, 5) is 24.2. The molecule has 1 aromatic carbocycles. The van der Waals surface area contributed by atoms with Crippen molar-refractivity contribution < 1.29 is 22.7 Å². The van der Waals surface area contributed by atoms with Crippen LogP contribution in [0.1, 0.15) is 42.1 Å². The minimum atomic E-state index is -3.68. The number of anilines is 1. The molecule has 0 spiro atoms. The number of hydrogen-bond donors (Lipinski definition) is 2. The number of hydrogen-bond acceptors (Lipinski definition) is 6. The molecule has 0 saturated heterocycles. The van der Waals surface area contributed by atoms with Crippen LogP contribution in [0.25, 0.3) is 0 Å². The lowest BCUT2D eigenvalue weighted by Gasteiger charge is -2.14. The van der Waals surface area contributed by atoms with Crippen LogP contribution in [0.3, 0.4) is 0 Å². The summed E-state index contributed by atoms with van der Waals surface area (Å²) in [6.07, 6.45) is 5.93. The Morgan fingerprint density at radius 2 is 2.00 bits per heavy atom. The molecule has 1 heterocycles. The summed E-state index contributed by atoms with van der Waals surface area (Å²) in [6.45, 7) is -0.488. The summed E-state index contributed by atoms with van der Waals surface area (Å²) < 4.78 is 32.6. The second-order valence-corrected chi connectivity index (χ2v) is 8.35. The molecule has 1 amide bonds. The molecule has 1 aromatic heterocycles. The average Bonchev–Trinajstić information content (AvgIpc) is 3.37. The van der Waals surface area contributed by atoms with Crippen molar-refractivity contribution in [2.45, 2.75) is 36.6 Å². The summed E-state index contributed by atoms with van der Waals surface area (Å²) in [6, 6.07) is 7.38. The van der Waals surface area contributed by atoms with Gasteiger partial charge in [-0.3, -0.25) is 4.79 Å². The van der Waals surface area contributed by atoms with Crippen LogP contribution in [0, 0.1) is 0 Å². The zero-order valence-corrected chi connectivity index (χ0v) is 16.2. The van der Waals surface area contributed by atoms with Crippen LogP contribution >= 0.6 is 0 Å². The van der Waals surface area contributed by atoms with E-state index in [-0.39, 0.29) is 16.5 Å². The molecule has 0 aliphatic heterocycles. The SMILES string of the molecule is CNS(=O)(=O)c1cccc(C(=O)OCC(=O)Nc2ccnn2C2CCCC2)c1. The van der Waals surface area contributed by atoms with E-state index in [1.807, 2.05) is 0 Å². The summed E-state index contributed by atoms with van der Waals surface area (Å²) >= 11 is 0. The molecule has 2 aromatic rings. The lowest BCUT2D eigenvalue weighted by molar-refractivity contribution is -0.119. The molecule has 2 N–H and O–H groups in total. The maximum Gasteiger partial charge on any atom is 0.338 e. The maximum absolute atomic E-state index is 12.2. The van der Waals surface area contributed by atoms with E-state index in [0.29, 0.717) is 5.82 Å². The molecule has 0 radical (unpaired) electrons. The third-order valence-corrected chi connectivity index (χ3v) is 6.00. The van der Waals surface area contributed by atoms with Gasteiger partial charge in [0, 0.05) is 6.07 Å². The Hall–Kier alpha value is -2.72. The molecule has 0 bridgehead atoms. The van der Waals surface area contributed by atoms with Crippen LogP contribution in [-0.2, 0) is 19.6 Å². The number of rotatable bonds is 7. The smallest absolute Gasteiger partial charge is 0.338 e. The second-order valence-electron chi connectivity index (χ2n) is 6.46. The van der Waals surface area contributed by atoms with Gasteiger partial charge in [-0.2, -0.15) is 5.10 Å². The van der Waals surface area contributed by atoms with Gasteiger partial charge < -0.3 is 10.1 Å². The topological polar surface area (TPSA) is 119 Å². The van der Waals surface area contributed by atoms with E-state index in [0.717, 1.165) is 25.7 Å². The summed E-state index contributed by atoms with van der Waals surface area (Å²) in [5.41, 5.74) is 0.0418. The van der Waals surface area contributed by atoms with Crippen molar-refractivity contribution >= 4 is 27.7 Å². The van der Waals surface area contributed by atoms with Gasteiger partial charge in [0.2, 0.25) is 10.0 Å². The van der Waals surface area contributed by atoms with Crippen molar-refractivity contribution in [3.8, 4) is 0 Å². The highest BCUT2D eigenvalue weighted by Gasteiger charge is 2.21. The Labute approximate surface area is 163 Å². The van der Waals surface area contributed by atoms with Crippen molar-refractivity contribution in [2.24, 2.45) is 0 Å². The number of nitrogens with one attached hydrogen (secondary N) is 2. The standard InChI is InChI=1S/C18H22N4O5S/c1-19-28(25,26)15-8-4-5-13(11-15)18(24)27-12-17(23)21-16-9-10-20-22(16)14-6-2-3-7-14/h4-5,8-11,14,19H,2-3,6-7,12H2,1H3,(H,21,23). The van der Waals surface area contributed by atoms with Gasteiger partial charge >= 0.3 is 5.97 Å². The molecule has 150 valence electrons. The predicted octanol–water partition coefficient (Wildman–Crippen LogP) is 1.70. The largest absolute Gasteiger partial charge is 0.452 e. The Bertz CT molecular complexity index is 964. The van der Waals surface area contributed by atoms with E-state index in [1.165, 1.54) is 31.3 Å². The van der Waals surface area contributed by atoms with E-state index in [4.69, 9.17) is 4.74 Å². The third-order valence-electron chi connectivity index (χ3n) is 4.59. The first kappa shape index (κ1) is 20.0. The number of carbonyl (C=O) groups is 2. The fourth-order valence-corrected chi connectivity index (χ4v) is 3.93. The van der Waals surface area contributed by atoms with Crippen molar-refractivity contribution in [1.82, 2.24) is 14.5 Å². The first-order valence-corrected chi connectivity index (χ1v) is 10.4. The molecule has 1 fully saturated rings. The molecule has 0 unspecified atom stereocenters. The number of aromatic nitrogens is 2. The van der Waals surface area contributed by atoms with E-state index in [9.17, 15) is 18.0 Å². The molecule has 1 aliphatic rings. The molecule has 3 rings (SSSR count). The highest BCUT2D eigenvalue weighted by atomic mass is 32.2. The molecule has 1 aliphatic carbocycles. The van der Waals surface area contributed by atoms with Crippen LogP contribution in [0.15, 0.2) is 41.4 Å². The van der Waals surface area contributed by atoms with Gasteiger partial charge in [0.25, 0.3) is 5.91 Å². The molecule has 10 heteroatoms. The molecule has 0 atom stereocenters. The lowest BCUT2D eigenvalue weighted by Crippen LogP contribution is -2.23. The molecule has 1 saturated carbocycles. The molecular weight excluding hydrogens is 384 g/mol. The number of esters is 1. The van der Waals surface area contributed by atoms with Gasteiger partial charge in [0.15, 0.2) is 6.61 Å². The van der Waals surface area contributed by atoms with Gasteiger partial charge in [-0.15, -0.1) is 0 Å². The fraction of sp³-hybridized carbons (Fsp3) is 0.389. The highest BCUT2D eigenvalue weighted by Crippen LogP contribution is 2.31. The highest BCUT2D eigenvalue weighted by molar-refractivity contribution is 7.89. The second kappa shape index (κ2) is 8.53. The minimum absolute atomic E-state index is 0.0418. The summed E-state index contributed by atoms with van der Waals surface area (Å²) in [5, 5.41) is 6.96. The Kier molecular flexibility index (Phi) is 6.10. The van der Waals surface area contributed by atoms with Crippen LogP contribution in [0.4, 0.5) is 5.82 Å². The Morgan fingerprint density at radius 1 is 1.25 bits per heavy atom. The predicted molar refractivity (Wildman–Crippen MR) is 101 cm³/mol. The first-order valence-electron chi connectivity index (χ1n) is 8.95. The van der Waals surface area contributed by atoms with Gasteiger partial charge in [0.1, 0.15) is 5.82 Å². The number of amides is 1.